The first-order valence-corrected chi connectivity index (χ1v) is 16.0. The largest absolute Gasteiger partial charge is 0.482 e. The number of para-hydroxylation sites is 3. The van der Waals surface area contributed by atoms with E-state index in [9.17, 15) is 18.0 Å². The summed E-state index contributed by atoms with van der Waals surface area (Å²) in [5.74, 6) is -0.164. The van der Waals surface area contributed by atoms with Crippen molar-refractivity contribution in [3.63, 3.8) is 0 Å². The van der Waals surface area contributed by atoms with Crippen molar-refractivity contribution in [2.45, 2.75) is 23.8 Å². The molecule has 2 heterocycles. The van der Waals surface area contributed by atoms with Gasteiger partial charge in [-0.1, -0.05) is 72.3 Å². The predicted octanol–water partition coefficient (Wildman–Crippen LogP) is 4.62. The molecule has 0 fully saturated rings. The van der Waals surface area contributed by atoms with Gasteiger partial charge in [-0.2, -0.15) is 0 Å². The minimum Gasteiger partial charge on any atom is -0.482 e. The van der Waals surface area contributed by atoms with Crippen molar-refractivity contribution in [3.05, 3.63) is 113 Å². The molecule has 0 saturated carbocycles. The highest BCUT2D eigenvalue weighted by molar-refractivity contribution is 7.92. The quantitative estimate of drug-likeness (QED) is 0.289. The predicted molar refractivity (Wildman–Crippen MR) is 168 cm³/mol. The Kier molecular flexibility index (Phi) is 8.45. The first-order valence-electron chi connectivity index (χ1n) is 14.2. The zero-order valence-corrected chi connectivity index (χ0v) is 25.3. The lowest BCUT2D eigenvalue weighted by molar-refractivity contribution is -0.128. The second-order valence-corrected chi connectivity index (χ2v) is 12.7. The fraction of sp³-hybridized carbons (Fsp3) is 0.212. The smallest absolute Gasteiger partial charge is 0.265 e. The number of halogens is 1. The van der Waals surface area contributed by atoms with Crippen molar-refractivity contribution in [3.8, 4) is 11.5 Å². The van der Waals surface area contributed by atoms with E-state index < -0.39 is 22.0 Å². The van der Waals surface area contributed by atoms with Crippen LogP contribution in [0.5, 0.6) is 11.5 Å². The molecule has 11 heteroatoms. The Morgan fingerprint density at radius 2 is 1.66 bits per heavy atom. The summed E-state index contributed by atoms with van der Waals surface area (Å²) in [6.07, 6.45) is 0.389. The van der Waals surface area contributed by atoms with Crippen molar-refractivity contribution in [1.82, 2.24) is 5.32 Å². The Morgan fingerprint density at radius 3 is 2.45 bits per heavy atom. The van der Waals surface area contributed by atoms with Gasteiger partial charge in [0.25, 0.3) is 21.8 Å². The average Bonchev–Trinajstić information content (AvgIpc) is 3.49. The normalized spacial score (nSPS) is 15.6. The van der Waals surface area contributed by atoms with Crippen LogP contribution in [-0.4, -0.2) is 52.6 Å². The number of hydrogen-bond donors (Lipinski definition) is 1. The van der Waals surface area contributed by atoms with Crippen LogP contribution in [0.3, 0.4) is 0 Å². The Labute approximate surface area is 261 Å². The Balaban J connectivity index is 1.11. The van der Waals surface area contributed by atoms with Gasteiger partial charge in [-0.15, -0.1) is 0 Å². The molecule has 0 bridgehead atoms. The highest BCUT2D eigenvalue weighted by Crippen LogP contribution is 2.36. The van der Waals surface area contributed by atoms with Crippen molar-refractivity contribution in [1.29, 1.82) is 0 Å². The number of carbonyl (C=O) groups excluding carboxylic acids is 2. The third-order valence-electron chi connectivity index (χ3n) is 7.61. The van der Waals surface area contributed by atoms with E-state index in [1.807, 2.05) is 42.5 Å². The molecule has 226 valence electrons. The molecule has 0 aromatic heterocycles. The molecule has 2 amide bonds. The van der Waals surface area contributed by atoms with Crippen LogP contribution in [0.1, 0.15) is 11.1 Å². The molecule has 2 aliphatic rings. The topological polar surface area (TPSA) is 105 Å². The number of fused-ring (bicyclic) bond motifs is 2. The molecule has 0 spiro atoms. The molecular formula is C33H30ClN3O6S. The second-order valence-electron chi connectivity index (χ2n) is 10.4. The molecule has 2 aliphatic heterocycles. The van der Waals surface area contributed by atoms with Gasteiger partial charge in [0.2, 0.25) is 0 Å². The van der Waals surface area contributed by atoms with Crippen LogP contribution in [0.25, 0.3) is 0 Å². The summed E-state index contributed by atoms with van der Waals surface area (Å²) in [5.41, 5.74) is 3.25. The second kappa shape index (κ2) is 12.6. The molecule has 6 rings (SSSR count). The number of nitrogens with zero attached hydrogens (tertiary/aromatic N) is 2. The Bertz CT molecular complexity index is 1800. The van der Waals surface area contributed by atoms with Gasteiger partial charge in [0.1, 0.15) is 11.5 Å². The lowest BCUT2D eigenvalue weighted by Crippen LogP contribution is -2.52. The van der Waals surface area contributed by atoms with Crippen molar-refractivity contribution in [2.75, 3.05) is 35.4 Å². The molecule has 0 radical (unpaired) electrons. The highest BCUT2D eigenvalue weighted by Gasteiger charge is 2.34. The van der Waals surface area contributed by atoms with Crippen LogP contribution in [0, 0.1) is 0 Å². The van der Waals surface area contributed by atoms with Gasteiger partial charge < -0.3 is 19.7 Å². The Morgan fingerprint density at radius 1 is 0.932 bits per heavy atom. The highest BCUT2D eigenvalue weighted by atomic mass is 35.5. The minimum atomic E-state index is -3.84. The van der Waals surface area contributed by atoms with Crippen LogP contribution in [-0.2, 0) is 32.5 Å². The van der Waals surface area contributed by atoms with Gasteiger partial charge in [0.15, 0.2) is 12.7 Å². The van der Waals surface area contributed by atoms with Crippen LogP contribution in [0.4, 0.5) is 11.4 Å². The first kappa shape index (κ1) is 29.5. The van der Waals surface area contributed by atoms with Gasteiger partial charge in [0.05, 0.1) is 27.8 Å². The van der Waals surface area contributed by atoms with E-state index in [0.717, 1.165) is 11.1 Å². The standard InChI is InChI=1S/C33H30ClN3O6S/c34-26-20-25(44(40,41)37-19-17-24-10-4-5-11-27(24)37)14-15-29(26)42-22-32(38)36-21-31(43-30-13-7-6-12-28(30)36)33(39)35-18-16-23-8-2-1-3-9-23/h1-15,20,31H,16-19,21-22H2,(H,35,39). The maximum Gasteiger partial charge on any atom is 0.265 e. The number of ether oxygens (including phenoxy) is 2. The molecule has 1 unspecified atom stereocenters. The lowest BCUT2D eigenvalue weighted by atomic mass is 10.1. The molecule has 1 atom stereocenters. The van der Waals surface area contributed by atoms with E-state index in [0.29, 0.717) is 43.1 Å². The number of sulfonamides is 1. The molecule has 4 aromatic rings. The van der Waals surface area contributed by atoms with E-state index in [4.69, 9.17) is 21.1 Å². The van der Waals surface area contributed by atoms with Crippen molar-refractivity contribution < 1.29 is 27.5 Å². The van der Waals surface area contributed by atoms with Crippen LogP contribution in [0.2, 0.25) is 5.02 Å². The van der Waals surface area contributed by atoms with Crippen LogP contribution < -0.4 is 24.0 Å². The van der Waals surface area contributed by atoms with E-state index in [2.05, 4.69) is 5.32 Å². The van der Waals surface area contributed by atoms with E-state index in [1.165, 1.54) is 27.4 Å². The molecule has 9 nitrogen and oxygen atoms in total. The Hall–Kier alpha value is -4.54. The number of benzene rings is 4. The molecular weight excluding hydrogens is 602 g/mol. The number of carbonyl (C=O) groups is 2. The number of rotatable bonds is 9. The SMILES string of the molecule is O=C(NCCc1ccccc1)C1CN(C(=O)COc2ccc(S(=O)(=O)N3CCc4ccccc43)cc2Cl)c2ccccc2O1. The number of amides is 2. The number of hydrogen-bond acceptors (Lipinski definition) is 6. The van der Waals surface area contributed by atoms with Gasteiger partial charge in [-0.3, -0.25) is 13.9 Å². The van der Waals surface area contributed by atoms with E-state index in [-0.39, 0.29) is 34.7 Å². The summed E-state index contributed by atoms with van der Waals surface area (Å²) in [4.78, 5) is 27.9. The summed E-state index contributed by atoms with van der Waals surface area (Å²) in [7, 11) is -3.84. The van der Waals surface area contributed by atoms with Gasteiger partial charge in [-0.05, 0) is 60.4 Å². The van der Waals surface area contributed by atoms with E-state index in [1.54, 1.807) is 36.4 Å². The lowest BCUT2D eigenvalue weighted by Gasteiger charge is -2.34. The number of nitrogens with one attached hydrogen (secondary N) is 1. The summed E-state index contributed by atoms with van der Waals surface area (Å²) in [6.45, 7) is 0.385. The third-order valence-corrected chi connectivity index (χ3v) is 9.71. The zero-order valence-electron chi connectivity index (χ0n) is 23.7. The average molecular weight is 632 g/mol. The molecule has 4 aromatic carbocycles. The zero-order chi connectivity index (χ0) is 30.7. The summed E-state index contributed by atoms with van der Waals surface area (Å²) < 4.78 is 39.9. The molecule has 0 saturated heterocycles. The van der Waals surface area contributed by atoms with E-state index >= 15 is 0 Å². The first-order chi connectivity index (χ1) is 21.3. The summed E-state index contributed by atoms with van der Waals surface area (Å²) in [6, 6.07) is 28.4. The van der Waals surface area contributed by atoms with Crippen LogP contribution >= 0.6 is 11.6 Å². The molecule has 44 heavy (non-hydrogen) atoms. The molecule has 0 aliphatic carbocycles. The third kappa shape index (κ3) is 6.09. The maximum atomic E-state index is 13.4. The fourth-order valence-corrected chi connectivity index (χ4v) is 7.19. The molecule has 1 N–H and O–H groups in total. The summed E-state index contributed by atoms with van der Waals surface area (Å²) in [5, 5.41) is 2.96. The monoisotopic (exact) mass is 631 g/mol. The van der Waals surface area contributed by atoms with Crippen LogP contribution in [0.15, 0.2) is 102 Å². The summed E-state index contributed by atoms with van der Waals surface area (Å²) >= 11 is 6.44. The fourth-order valence-electron chi connectivity index (χ4n) is 5.36. The van der Waals surface area contributed by atoms with Crippen molar-refractivity contribution in [2.24, 2.45) is 0 Å². The van der Waals surface area contributed by atoms with Gasteiger partial charge in [-0.25, -0.2) is 8.42 Å². The minimum absolute atomic E-state index is 0.00139. The number of anilines is 2. The van der Waals surface area contributed by atoms with Gasteiger partial charge >= 0.3 is 0 Å². The van der Waals surface area contributed by atoms with Crippen molar-refractivity contribution >= 4 is 44.8 Å². The van der Waals surface area contributed by atoms with Gasteiger partial charge in [0, 0.05) is 13.1 Å². The maximum absolute atomic E-state index is 13.4.